The van der Waals surface area contributed by atoms with Crippen LogP contribution in [0.15, 0.2) is 16.8 Å². The van der Waals surface area contributed by atoms with Crippen molar-refractivity contribution in [1.29, 1.82) is 0 Å². The topological polar surface area (TPSA) is 40.5 Å². The summed E-state index contributed by atoms with van der Waals surface area (Å²) >= 11 is 1.68. The number of aryl methyl sites for hydroxylation is 1. The van der Waals surface area contributed by atoms with E-state index in [1.807, 2.05) is 0 Å². The van der Waals surface area contributed by atoms with Gasteiger partial charge in [-0.3, -0.25) is 0 Å². The molecule has 0 bridgehead atoms. The van der Waals surface area contributed by atoms with Crippen LogP contribution in [-0.4, -0.2) is 21.9 Å². The zero-order chi connectivity index (χ0) is 12.3. The number of aliphatic hydroxyl groups is 2. The predicted octanol–water partition coefficient (Wildman–Crippen LogP) is 2.98. The maximum atomic E-state index is 10.4. The molecular weight excluding hydrogens is 232 g/mol. The summed E-state index contributed by atoms with van der Waals surface area (Å²) in [5.41, 5.74) is 0.435. The first-order valence-corrected chi connectivity index (χ1v) is 7.46. The Morgan fingerprint density at radius 2 is 2.18 bits per heavy atom. The van der Waals surface area contributed by atoms with Crippen molar-refractivity contribution in [3.8, 4) is 0 Å². The molecule has 0 amide bonds. The fraction of sp³-hybridized carbons (Fsp3) is 0.714. The molecule has 1 aliphatic carbocycles. The predicted molar refractivity (Wildman–Crippen MR) is 71.2 cm³/mol. The summed E-state index contributed by atoms with van der Waals surface area (Å²) in [4.78, 5) is 0. The van der Waals surface area contributed by atoms with Crippen LogP contribution in [0.1, 0.15) is 44.6 Å². The first-order valence-electron chi connectivity index (χ1n) is 6.52. The van der Waals surface area contributed by atoms with Gasteiger partial charge in [0, 0.05) is 0 Å². The third-order valence-electron chi connectivity index (χ3n) is 4.05. The average molecular weight is 254 g/mol. The highest BCUT2D eigenvalue weighted by Crippen LogP contribution is 2.35. The quantitative estimate of drug-likeness (QED) is 0.867. The summed E-state index contributed by atoms with van der Waals surface area (Å²) in [5, 5.41) is 24.8. The van der Waals surface area contributed by atoms with Gasteiger partial charge in [-0.25, -0.2) is 0 Å². The summed E-state index contributed by atoms with van der Waals surface area (Å²) < 4.78 is 0. The van der Waals surface area contributed by atoms with E-state index >= 15 is 0 Å². The van der Waals surface area contributed by atoms with E-state index in [4.69, 9.17) is 0 Å². The molecule has 1 unspecified atom stereocenters. The molecule has 1 aromatic rings. The normalized spacial score (nSPS) is 31.4. The number of rotatable bonds is 4. The lowest BCUT2D eigenvalue weighted by atomic mass is 9.75. The fourth-order valence-corrected chi connectivity index (χ4v) is 3.31. The Morgan fingerprint density at radius 3 is 2.76 bits per heavy atom. The molecule has 2 N–H and O–H groups in total. The molecule has 0 aliphatic heterocycles. The van der Waals surface area contributed by atoms with E-state index in [1.54, 1.807) is 11.3 Å². The van der Waals surface area contributed by atoms with Gasteiger partial charge >= 0.3 is 0 Å². The van der Waals surface area contributed by atoms with Crippen molar-refractivity contribution in [2.45, 2.75) is 57.2 Å². The van der Waals surface area contributed by atoms with Crippen molar-refractivity contribution in [2.75, 3.05) is 0 Å². The molecule has 0 aromatic carbocycles. The van der Waals surface area contributed by atoms with E-state index in [2.05, 4.69) is 23.8 Å². The van der Waals surface area contributed by atoms with Crippen LogP contribution in [0, 0.1) is 5.92 Å². The lowest BCUT2D eigenvalue weighted by Gasteiger charge is -2.38. The largest absolute Gasteiger partial charge is 0.390 e. The van der Waals surface area contributed by atoms with E-state index in [-0.39, 0.29) is 0 Å². The molecular formula is C14H22O2S. The molecule has 2 nitrogen and oxygen atoms in total. The molecule has 0 spiro atoms. The van der Waals surface area contributed by atoms with Gasteiger partial charge < -0.3 is 10.2 Å². The van der Waals surface area contributed by atoms with E-state index in [0.29, 0.717) is 12.3 Å². The molecule has 1 aliphatic rings. The second-order valence-electron chi connectivity index (χ2n) is 5.47. The molecule has 1 atom stereocenters. The Morgan fingerprint density at radius 1 is 1.47 bits per heavy atom. The lowest BCUT2D eigenvalue weighted by Crippen LogP contribution is -2.45. The summed E-state index contributed by atoms with van der Waals surface area (Å²) in [6.07, 6.45) is 4.52. The number of hydrogen-bond acceptors (Lipinski definition) is 3. The van der Waals surface area contributed by atoms with Gasteiger partial charge in [-0.05, 0) is 66.8 Å². The van der Waals surface area contributed by atoms with Crippen molar-refractivity contribution in [1.82, 2.24) is 0 Å². The van der Waals surface area contributed by atoms with Crippen LogP contribution in [0.5, 0.6) is 0 Å². The third kappa shape index (κ3) is 3.30. The molecule has 0 saturated heterocycles. The van der Waals surface area contributed by atoms with Crippen LogP contribution in [0.2, 0.25) is 0 Å². The number of aliphatic hydroxyl groups excluding tert-OH is 1. The zero-order valence-corrected chi connectivity index (χ0v) is 11.2. The molecule has 0 radical (unpaired) electrons. The molecule has 1 fully saturated rings. The van der Waals surface area contributed by atoms with Crippen molar-refractivity contribution in [2.24, 2.45) is 5.92 Å². The zero-order valence-electron chi connectivity index (χ0n) is 10.4. The van der Waals surface area contributed by atoms with Gasteiger partial charge in [-0.2, -0.15) is 11.3 Å². The summed E-state index contributed by atoms with van der Waals surface area (Å²) in [6, 6.07) is 2.09. The minimum absolute atomic E-state index is 0.574. The molecule has 1 heterocycles. The Bertz CT molecular complexity index is 326. The Kier molecular flexibility index (Phi) is 4.23. The Labute approximate surface area is 107 Å². The van der Waals surface area contributed by atoms with E-state index < -0.39 is 11.7 Å². The van der Waals surface area contributed by atoms with E-state index in [9.17, 15) is 10.2 Å². The molecule has 1 saturated carbocycles. The Balaban J connectivity index is 1.84. The standard InChI is InChI=1S/C14H22O2S/c1-11-4-7-14(16,8-5-11)13(15)3-2-12-6-9-17-10-12/h6,9-11,13,15-16H,2-5,7-8H2,1H3. The van der Waals surface area contributed by atoms with E-state index in [0.717, 1.165) is 32.1 Å². The number of hydrogen-bond donors (Lipinski definition) is 2. The highest BCUT2D eigenvalue weighted by molar-refractivity contribution is 7.07. The van der Waals surface area contributed by atoms with Crippen LogP contribution in [0.3, 0.4) is 0 Å². The highest BCUT2D eigenvalue weighted by atomic mass is 32.1. The van der Waals surface area contributed by atoms with E-state index in [1.165, 1.54) is 5.56 Å². The molecule has 2 rings (SSSR count). The molecule has 1 aromatic heterocycles. The van der Waals surface area contributed by atoms with Gasteiger partial charge in [0.1, 0.15) is 0 Å². The molecule has 3 heteroatoms. The molecule has 17 heavy (non-hydrogen) atoms. The first-order chi connectivity index (χ1) is 8.10. The maximum absolute atomic E-state index is 10.4. The van der Waals surface area contributed by atoms with Gasteiger partial charge in [0.2, 0.25) is 0 Å². The number of thiophene rings is 1. The van der Waals surface area contributed by atoms with Crippen molar-refractivity contribution in [3.63, 3.8) is 0 Å². The van der Waals surface area contributed by atoms with Gasteiger partial charge in [-0.1, -0.05) is 6.92 Å². The van der Waals surface area contributed by atoms with Gasteiger partial charge in [0.15, 0.2) is 0 Å². The first kappa shape index (κ1) is 13.1. The average Bonchev–Trinajstić information content (AvgIpc) is 2.83. The monoisotopic (exact) mass is 254 g/mol. The van der Waals surface area contributed by atoms with Gasteiger partial charge in [-0.15, -0.1) is 0 Å². The highest BCUT2D eigenvalue weighted by Gasteiger charge is 2.38. The van der Waals surface area contributed by atoms with Crippen LogP contribution in [-0.2, 0) is 6.42 Å². The second kappa shape index (κ2) is 5.51. The van der Waals surface area contributed by atoms with Gasteiger partial charge in [0.25, 0.3) is 0 Å². The fourth-order valence-electron chi connectivity index (χ4n) is 2.60. The molecule has 96 valence electrons. The summed E-state index contributed by atoms with van der Waals surface area (Å²) in [7, 11) is 0. The van der Waals surface area contributed by atoms with Crippen molar-refractivity contribution < 1.29 is 10.2 Å². The van der Waals surface area contributed by atoms with Crippen molar-refractivity contribution >= 4 is 11.3 Å². The SMILES string of the molecule is CC1CCC(O)(C(O)CCc2ccsc2)CC1. The van der Waals surface area contributed by atoms with Crippen LogP contribution < -0.4 is 0 Å². The maximum Gasteiger partial charge on any atom is 0.0905 e. The minimum atomic E-state index is -0.831. The summed E-state index contributed by atoms with van der Waals surface area (Å²) in [6.45, 7) is 2.22. The minimum Gasteiger partial charge on any atom is -0.390 e. The van der Waals surface area contributed by atoms with Crippen molar-refractivity contribution in [3.05, 3.63) is 22.4 Å². The Hall–Kier alpha value is -0.380. The van der Waals surface area contributed by atoms with Crippen LogP contribution in [0.25, 0.3) is 0 Å². The smallest absolute Gasteiger partial charge is 0.0905 e. The van der Waals surface area contributed by atoms with Crippen LogP contribution >= 0.6 is 11.3 Å². The van der Waals surface area contributed by atoms with Crippen LogP contribution in [0.4, 0.5) is 0 Å². The lowest BCUT2D eigenvalue weighted by molar-refractivity contribution is -0.105. The third-order valence-corrected chi connectivity index (χ3v) is 4.78. The summed E-state index contributed by atoms with van der Waals surface area (Å²) in [5.74, 6) is 0.694. The second-order valence-corrected chi connectivity index (χ2v) is 6.25. The van der Waals surface area contributed by atoms with Gasteiger partial charge in [0.05, 0.1) is 11.7 Å².